The summed E-state index contributed by atoms with van der Waals surface area (Å²) in [4.78, 5) is 16.1. The van der Waals surface area contributed by atoms with Crippen LogP contribution >= 0.6 is 24.0 Å². The standard InChI is InChI=1S/C20H30F2N4O.HI/c1-19(2,3)26-16(27)12-24-18(23-4)25-13-20(10-5-6-11-20)17-14(21)8-7-9-15(17)22;/h7-9H,5-6,10-13H2,1-4H3,(H,26,27)(H2,23,24,25);1H. The van der Waals surface area contributed by atoms with Crippen molar-refractivity contribution in [3.8, 4) is 0 Å². The summed E-state index contributed by atoms with van der Waals surface area (Å²) >= 11 is 0. The fraction of sp³-hybridized carbons (Fsp3) is 0.600. The van der Waals surface area contributed by atoms with Gasteiger partial charge < -0.3 is 16.0 Å². The minimum Gasteiger partial charge on any atom is -0.356 e. The number of hydrogen-bond acceptors (Lipinski definition) is 2. The Morgan fingerprint density at radius 1 is 1.14 bits per heavy atom. The van der Waals surface area contributed by atoms with Gasteiger partial charge in [0.1, 0.15) is 11.6 Å². The topological polar surface area (TPSA) is 65.5 Å². The van der Waals surface area contributed by atoms with Crippen LogP contribution in [0.2, 0.25) is 0 Å². The predicted octanol–water partition coefficient (Wildman–Crippen LogP) is 3.47. The number of nitrogens with one attached hydrogen (secondary N) is 3. The maximum atomic E-state index is 14.4. The molecule has 0 aromatic heterocycles. The van der Waals surface area contributed by atoms with Crippen molar-refractivity contribution in [3.05, 3.63) is 35.4 Å². The van der Waals surface area contributed by atoms with Gasteiger partial charge >= 0.3 is 0 Å². The van der Waals surface area contributed by atoms with Crippen LogP contribution in [0.4, 0.5) is 8.78 Å². The number of rotatable bonds is 5. The first-order valence-corrected chi connectivity index (χ1v) is 9.37. The molecule has 1 aliphatic rings. The van der Waals surface area contributed by atoms with Gasteiger partial charge in [-0.1, -0.05) is 18.9 Å². The molecule has 0 atom stereocenters. The zero-order chi connectivity index (χ0) is 20.1. The molecule has 0 unspecified atom stereocenters. The molecule has 0 spiro atoms. The van der Waals surface area contributed by atoms with Gasteiger partial charge in [0.2, 0.25) is 5.91 Å². The number of hydrogen-bond donors (Lipinski definition) is 3. The van der Waals surface area contributed by atoms with Crippen LogP contribution in [0.15, 0.2) is 23.2 Å². The normalized spacial score (nSPS) is 16.3. The predicted molar refractivity (Wildman–Crippen MR) is 119 cm³/mol. The quantitative estimate of drug-likeness (QED) is 0.324. The molecule has 3 N–H and O–H groups in total. The lowest BCUT2D eigenvalue weighted by atomic mass is 9.78. The molecule has 0 aliphatic heterocycles. The molecule has 0 radical (unpaired) electrons. The Bertz CT molecular complexity index is 678. The second-order valence-corrected chi connectivity index (χ2v) is 8.16. The van der Waals surface area contributed by atoms with Crippen molar-refractivity contribution in [2.24, 2.45) is 4.99 Å². The van der Waals surface area contributed by atoms with Crippen LogP contribution in [-0.2, 0) is 10.2 Å². The Kier molecular flexibility index (Phi) is 9.10. The maximum Gasteiger partial charge on any atom is 0.239 e. The summed E-state index contributed by atoms with van der Waals surface area (Å²) in [6.45, 7) is 6.14. The number of aliphatic imine (C=N–C) groups is 1. The van der Waals surface area contributed by atoms with Crippen molar-refractivity contribution < 1.29 is 13.6 Å². The molecular weight excluding hydrogens is 477 g/mol. The van der Waals surface area contributed by atoms with E-state index in [9.17, 15) is 13.6 Å². The number of carbonyl (C=O) groups excluding carboxylic acids is 1. The molecule has 158 valence electrons. The van der Waals surface area contributed by atoms with Gasteiger partial charge in [-0.15, -0.1) is 24.0 Å². The highest BCUT2D eigenvalue weighted by Gasteiger charge is 2.40. The van der Waals surface area contributed by atoms with Crippen LogP contribution in [0, 0.1) is 11.6 Å². The smallest absolute Gasteiger partial charge is 0.239 e. The molecule has 0 heterocycles. The Morgan fingerprint density at radius 3 is 2.21 bits per heavy atom. The van der Waals surface area contributed by atoms with E-state index in [2.05, 4.69) is 20.9 Å². The van der Waals surface area contributed by atoms with E-state index < -0.39 is 17.0 Å². The summed E-state index contributed by atoms with van der Waals surface area (Å²) in [5, 5.41) is 8.96. The molecule has 8 heteroatoms. The highest BCUT2D eigenvalue weighted by molar-refractivity contribution is 14.0. The van der Waals surface area contributed by atoms with Crippen molar-refractivity contribution in [2.75, 3.05) is 20.1 Å². The van der Waals surface area contributed by atoms with Crippen molar-refractivity contribution in [2.45, 2.75) is 57.4 Å². The van der Waals surface area contributed by atoms with Gasteiger partial charge in [-0.3, -0.25) is 9.79 Å². The van der Waals surface area contributed by atoms with Gasteiger partial charge in [-0.2, -0.15) is 0 Å². The van der Waals surface area contributed by atoms with Crippen LogP contribution < -0.4 is 16.0 Å². The van der Waals surface area contributed by atoms with Crippen molar-refractivity contribution in [1.82, 2.24) is 16.0 Å². The van der Waals surface area contributed by atoms with Gasteiger partial charge in [0.25, 0.3) is 0 Å². The molecule has 0 bridgehead atoms. The molecule has 1 amide bonds. The zero-order valence-corrected chi connectivity index (χ0v) is 19.3. The maximum absolute atomic E-state index is 14.4. The number of guanidine groups is 1. The third-order valence-electron chi connectivity index (χ3n) is 4.80. The number of benzene rings is 1. The summed E-state index contributed by atoms with van der Waals surface area (Å²) in [6, 6.07) is 4.00. The molecule has 1 saturated carbocycles. The Hall–Kier alpha value is -1.45. The zero-order valence-electron chi connectivity index (χ0n) is 17.0. The number of amides is 1. The van der Waals surface area contributed by atoms with Gasteiger partial charge in [0.15, 0.2) is 5.96 Å². The average Bonchev–Trinajstić information content (AvgIpc) is 3.03. The van der Waals surface area contributed by atoms with E-state index in [4.69, 9.17) is 0 Å². The Labute approximate surface area is 183 Å². The summed E-state index contributed by atoms with van der Waals surface area (Å²) in [5.74, 6) is -0.735. The van der Waals surface area contributed by atoms with E-state index in [0.29, 0.717) is 25.3 Å². The van der Waals surface area contributed by atoms with Crippen LogP contribution in [0.25, 0.3) is 0 Å². The summed E-state index contributed by atoms with van der Waals surface area (Å²) in [6.07, 6.45) is 3.27. The molecule has 2 rings (SSSR count). The molecule has 1 aromatic rings. The lowest BCUT2D eigenvalue weighted by Gasteiger charge is -2.31. The third kappa shape index (κ3) is 6.56. The fourth-order valence-electron chi connectivity index (χ4n) is 3.67. The highest BCUT2D eigenvalue weighted by Crippen LogP contribution is 2.42. The van der Waals surface area contributed by atoms with Gasteiger partial charge in [-0.05, 0) is 45.7 Å². The van der Waals surface area contributed by atoms with E-state index in [1.807, 2.05) is 20.8 Å². The van der Waals surface area contributed by atoms with Gasteiger partial charge in [0.05, 0.1) is 6.54 Å². The molecule has 28 heavy (non-hydrogen) atoms. The minimum absolute atomic E-state index is 0. The van der Waals surface area contributed by atoms with Crippen molar-refractivity contribution in [1.29, 1.82) is 0 Å². The van der Waals surface area contributed by atoms with Gasteiger partial charge in [-0.25, -0.2) is 8.78 Å². The molecule has 1 fully saturated rings. The lowest BCUT2D eigenvalue weighted by molar-refractivity contribution is -0.121. The molecule has 1 aromatic carbocycles. The third-order valence-corrected chi connectivity index (χ3v) is 4.80. The summed E-state index contributed by atoms with van der Waals surface area (Å²) in [7, 11) is 1.60. The second kappa shape index (κ2) is 10.4. The van der Waals surface area contributed by atoms with Crippen LogP contribution in [0.1, 0.15) is 52.0 Å². The first-order chi connectivity index (χ1) is 12.7. The van der Waals surface area contributed by atoms with Crippen LogP contribution in [0.3, 0.4) is 0 Å². The first-order valence-electron chi connectivity index (χ1n) is 9.37. The van der Waals surface area contributed by atoms with E-state index in [-0.39, 0.29) is 47.5 Å². The van der Waals surface area contributed by atoms with E-state index >= 15 is 0 Å². The number of carbonyl (C=O) groups is 1. The molecule has 0 saturated heterocycles. The first kappa shape index (κ1) is 24.6. The second-order valence-electron chi connectivity index (χ2n) is 8.16. The fourth-order valence-corrected chi connectivity index (χ4v) is 3.67. The number of nitrogens with zero attached hydrogens (tertiary/aromatic N) is 1. The largest absolute Gasteiger partial charge is 0.356 e. The van der Waals surface area contributed by atoms with Crippen LogP contribution in [-0.4, -0.2) is 37.5 Å². The average molecular weight is 508 g/mol. The van der Waals surface area contributed by atoms with Gasteiger partial charge in [0, 0.05) is 30.1 Å². The Balaban J connectivity index is 0.00000392. The van der Waals surface area contributed by atoms with Crippen molar-refractivity contribution >= 4 is 35.8 Å². The van der Waals surface area contributed by atoms with E-state index in [1.165, 1.54) is 18.2 Å². The summed E-state index contributed by atoms with van der Waals surface area (Å²) < 4.78 is 28.8. The van der Waals surface area contributed by atoms with E-state index in [0.717, 1.165) is 12.8 Å². The van der Waals surface area contributed by atoms with E-state index in [1.54, 1.807) is 7.05 Å². The Morgan fingerprint density at radius 2 is 1.71 bits per heavy atom. The van der Waals surface area contributed by atoms with Crippen LogP contribution in [0.5, 0.6) is 0 Å². The summed E-state index contributed by atoms with van der Waals surface area (Å²) in [5.41, 5.74) is -0.775. The monoisotopic (exact) mass is 508 g/mol. The molecule has 5 nitrogen and oxygen atoms in total. The lowest BCUT2D eigenvalue weighted by Crippen LogP contribution is -2.50. The van der Waals surface area contributed by atoms with Crippen molar-refractivity contribution in [3.63, 3.8) is 0 Å². The minimum atomic E-state index is -0.610. The molecule has 1 aliphatic carbocycles. The molecular formula is C20H31F2IN4O. The highest BCUT2D eigenvalue weighted by atomic mass is 127. The SMILES string of the molecule is CN=C(NCC(=O)NC(C)(C)C)NCC1(c2c(F)cccc2F)CCCC1.I. The number of halogens is 3.